The van der Waals surface area contributed by atoms with Crippen LogP contribution >= 0.6 is 0 Å². The van der Waals surface area contributed by atoms with Crippen molar-refractivity contribution in [3.63, 3.8) is 0 Å². The van der Waals surface area contributed by atoms with Crippen molar-refractivity contribution in [3.8, 4) is 28.7 Å². The van der Waals surface area contributed by atoms with E-state index in [2.05, 4.69) is 5.32 Å². The lowest BCUT2D eigenvalue weighted by Gasteiger charge is -2.23. The van der Waals surface area contributed by atoms with Gasteiger partial charge in [0.1, 0.15) is 6.04 Å². The van der Waals surface area contributed by atoms with E-state index in [9.17, 15) is 14.4 Å². The van der Waals surface area contributed by atoms with Crippen molar-refractivity contribution in [3.05, 3.63) is 47.5 Å². The van der Waals surface area contributed by atoms with E-state index >= 15 is 0 Å². The van der Waals surface area contributed by atoms with Gasteiger partial charge in [0, 0.05) is 30.6 Å². The molecule has 2 unspecified atom stereocenters. The second-order valence-electron chi connectivity index (χ2n) is 8.30. The third-order valence-electron chi connectivity index (χ3n) is 6.13. The van der Waals surface area contributed by atoms with Gasteiger partial charge >= 0.3 is 5.97 Å². The molecule has 0 radical (unpaired) electrons. The highest BCUT2D eigenvalue weighted by molar-refractivity contribution is 5.99. The summed E-state index contributed by atoms with van der Waals surface area (Å²) in [7, 11) is 8.67. The Bertz CT molecular complexity index is 1190. The second-order valence-corrected chi connectivity index (χ2v) is 8.30. The van der Waals surface area contributed by atoms with Crippen LogP contribution < -0.4 is 29.0 Å². The van der Waals surface area contributed by atoms with Gasteiger partial charge in [-0.05, 0) is 35.9 Å². The maximum atomic E-state index is 13.5. The Labute approximate surface area is 221 Å². The highest BCUT2D eigenvalue weighted by atomic mass is 16.5. The van der Waals surface area contributed by atoms with Crippen LogP contribution in [0.15, 0.2) is 36.4 Å². The number of amides is 2. The van der Waals surface area contributed by atoms with E-state index in [1.54, 1.807) is 31.4 Å². The van der Waals surface area contributed by atoms with Gasteiger partial charge in [-0.3, -0.25) is 9.59 Å². The molecule has 2 aromatic carbocycles. The first-order chi connectivity index (χ1) is 18.3. The number of benzene rings is 2. The number of esters is 1. The van der Waals surface area contributed by atoms with E-state index < -0.39 is 24.0 Å². The fourth-order valence-electron chi connectivity index (χ4n) is 4.27. The number of hydrogen-bond acceptors (Lipinski definition) is 9. The van der Waals surface area contributed by atoms with E-state index in [0.29, 0.717) is 28.7 Å². The van der Waals surface area contributed by atoms with E-state index in [0.717, 1.165) is 5.56 Å². The van der Waals surface area contributed by atoms with E-state index in [4.69, 9.17) is 28.4 Å². The monoisotopic (exact) mass is 528 g/mol. The lowest BCUT2D eigenvalue weighted by Crippen LogP contribution is -2.41. The number of nitrogens with zero attached hydrogens (tertiary/aromatic N) is 1. The van der Waals surface area contributed by atoms with E-state index in [-0.39, 0.29) is 24.4 Å². The minimum absolute atomic E-state index is 0.102. The number of carbonyl (C=O) groups is 3. The van der Waals surface area contributed by atoms with Crippen molar-refractivity contribution in [1.29, 1.82) is 0 Å². The van der Waals surface area contributed by atoms with Crippen molar-refractivity contribution >= 4 is 23.9 Å². The molecule has 1 aliphatic heterocycles. The van der Waals surface area contributed by atoms with Crippen LogP contribution in [-0.4, -0.2) is 84.0 Å². The molecule has 0 bridgehead atoms. The lowest BCUT2D eigenvalue weighted by molar-refractivity contribution is -0.145. The summed E-state index contributed by atoms with van der Waals surface area (Å²) in [5.74, 6) is 0.641. The maximum absolute atomic E-state index is 13.5. The molecule has 2 atom stereocenters. The first-order valence-electron chi connectivity index (χ1n) is 11.7. The summed E-state index contributed by atoms with van der Waals surface area (Å²) < 4.78 is 31.4. The number of nitrogens with one attached hydrogen (secondary N) is 1. The molecule has 0 saturated carbocycles. The number of ether oxygens (including phenoxy) is 6. The summed E-state index contributed by atoms with van der Waals surface area (Å²) in [5.41, 5.74) is 0.963. The molecule has 0 spiro atoms. The zero-order chi connectivity index (χ0) is 27.8. The van der Waals surface area contributed by atoms with Crippen LogP contribution in [0.4, 0.5) is 0 Å². The molecule has 3 rings (SSSR count). The van der Waals surface area contributed by atoms with Crippen molar-refractivity contribution in [2.75, 3.05) is 49.2 Å². The van der Waals surface area contributed by atoms with Gasteiger partial charge in [-0.15, -0.1) is 0 Å². The molecule has 38 heavy (non-hydrogen) atoms. The SMILES string of the molecule is COC(=O)C1CC(NC(=O)/C=C/c2ccc(OC)c(OC)c2)CN1C(=O)c1cc(OC)c(OC)c(OC)c1. The molecule has 1 N–H and O–H groups in total. The van der Waals surface area contributed by atoms with E-state index in [1.165, 1.54) is 58.7 Å². The van der Waals surface area contributed by atoms with Crippen molar-refractivity contribution in [2.24, 2.45) is 0 Å². The third kappa shape index (κ3) is 6.10. The van der Waals surface area contributed by atoms with Crippen LogP contribution in [0.1, 0.15) is 22.3 Å². The highest BCUT2D eigenvalue weighted by Gasteiger charge is 2.41. The normalized spacial score (nSPS) is 16.6. The molecule has 11 nitrogen and oxygen atoms in total. The predicted octanol–water partition coefficient (Wildman–Crippen LogP) is 2.32. The van der Waals surface area contributed by atoms with Crippen LogP contribution in [-0.2, 0) is 14.3 Å². The van der Waals surface area contributed by atoms with E-state index in [1.807, 2.05) is 0 Å². The average Bonchev–Trinajstić information content (AvgIpc) is 3.37. The summed E-state index contributed by atoms with van der Waals surface area (Å²) in [4.78, 5) is 40.0. The molecule has 204 valence electrons. The highest BCUT2D eigenvalue weighted by Crippen LogP contribution is 2.39. The molecule has 1 heterocycles. The van der Waals surface area contributed by atoms with Crippen LogP contribution in [0.2, 0.25) is 0 Å². The molecular formula is C27H32N2O9. The first-order valence-corrected chi connectivity index (χ1v) is 11.7. The first kappa shape index (κ1) is 28.2. The Morgan fingerprint density at radius 2 is 1.47 bits per heavy atom. The van der Waals surface area contributed by atoms with Crippen LogP contribution in [0.5, 0.6) is 28.7 Å². The van der Waals surface area contributed by atoms with Crippen molar-refractivity contribution in [1.82, 2.24) is 10.2 Å². The molecule has 1 aliphatic rings. The largest absolute Gasteiger partial charge is 0.493 e. The summed E-state index contributed by atoms with van der Waals surface area (Å²) >= 11 is 0. The zero-order valence-corrected chi connectivity index (χ0v) is 22.2. The summed E-state index contributed by atoms with van der Waals surface area (Å²) in [6.07, 6.45) is 3.19. The Morgan fingerprint density at radius 3 is 2.03 bits per heavy atom. The molecule has 2 aromatic rings. The summed E-state index contributed by atoms with van der Waals surface area (Å²) in [6, 6.07) is 6.92. The molecule has 0 aliphatic carbocycles. The van der Waals surface area contributed by atoms with Gasteiger partial charge in [0.25, 0.3) is 5.91 Å². The Kier molecular flexibility index (Phi) is 9.42. The third-order valence-corrected chi connectivity index (χ3v) is 6.13. The van der Waals surface area contributed by atoms with Gasteiger partial charge in [-0.2, -0.15) is 0 Å². The molecular weight excluding hydrogens is 496 g/mol. The standard InChI is InChI=1S/C27H32N2O9/c1-33-20-9-7-16(11-21(20)34-2)8-10-24(30)28-18-14-19(27(32)38-6)29(15-18)26(31)17-12-22(35-3)25(37-5)23(13-17)36-4/h7-13,18-19H,14-15H2,1-6H3,(H,28,30)/b10-8+. The van der Waals surface area contributed by atoms with Gasteiger partial charge in [0.15, 0.2) is 23.0 Å². The molecule has 0 aromatic heterocycles. The Morgan fingerprint density at radius 1 is 0.842 bits per heavy atom. The lowest BCUT2D eigenvalue weighted by atomic mass is 10.1. The number of carbonyl (C=O) groups excluding carboxylic acids is 3. The quantitative estimate of drug-likeness (QED) is 0.366. The Balaban J connectivity index is 1.78. The number of likely N-dealkylation sites (tertiary alicyclic amines) is 1. The zero-order valence-electron chi connectivity index (χ0n) is 22.2. The van der Waals surface area contributed by atoms with Gasteiger partial charge < -0.3 is 38.6 Å². The van der Waals surface area contributed by atoms with Crippen LogP contribution in [0.25, 0.3) is 6.08 Å². The average molecular weight is 529 g/mol. The van der Waals surface area contributed by atoms with Crippen LogP contribution in [0.3, 0.4) is 0 Å². The Hall–Kier alpha value is -4.41. The van der Waals surface area contributed by atoms with Gasteiger partial charge in [0.2, 0.25) is 11.7 Å². The smallest absolute Gasteiger partial charge is 0.328 e. The van der Waals surface area contributed by atoms with Crippen LogP contribution in [0, 0.1) is 0 Å². The van der Waals surface area contributed by atoms with Crippen molar-refractivity contribution in [2.45, 2.75) is 18.5 Å². The maximum Gasteiger partial charge on any atom is 0.328 e. The van der Waals surface area contributed by atoms with Crippen molar-refractivity contribution < 1.29 is 42.8 Å². The van der Waals surface area contributed by atoms with Gasteiger partial charge in [0.05, 0.1) is 42.7 Å². The minimum Gasteiger partial charge on any atom is -0.493 e. The second kappa shape index (κ2) is 12.7. The summed E-state index contributed by atoms with van der Waals surface area (Å²) in [5, 5.41) is 2.86. The fourth-order valence-corrected chi connectivity index (χ4v) is 4.27. The number of hydrogen-bond donors (Lipinski definition) is 1. The number of rotatable bonds is 10. The topological polar surface area (TPSA) is 122 Å². The van der Waals surface area contributed by atoms with Gasteiger partial charge in [-0.1, -0.05) is 6.07 Å². The molecule has 11 heteroatoms. The number of methoxy groups -OCH3 is 6. The minimum atomic E-state index is -0.883. The predicted molar refractivity (Wildman–Crippen MR) is 138 cm³/mol. The summed E-state index contributed by atoms with van der Waals surface area (Å²) in [6.45, 7) is 0.102. The molecule has 1 saturated heterocycles. The molecule has 1 fully saturated rings. The fraction of sp³-hybridized carbons (Fsp3) is 0.370. The molecule has 2 amide bonds. The van der Waals surface area contributed by atoms with Gasteiger partial charge in [-0.25, -0.2) is 4.79 Å².